The molecule has 0 radical (unpaired) electrons. The Balaban J connectivity index is 2.32. The lowest BCUT2D eigenvalue weighted by atomic mass is 10.2. The largest absolute Gasteiger partial charge is 0.472 e. The van der Waals surface area contributed by atoms with Gasteiger partial charge in [-0.25, -0.2) is 0 Å². The third kappa shape index (κ3) is 6.10. The van der Waals surface area contributed by atoms with Crippen molar-refractivity contribution >= 4 is 0 Å². The summed E-state index contributed by atoms with van der Waals surface area (Å²) in [5.41, 5.74) is -0.780. The van der Waals surface area contributed by atoms with Crippen LogP contribution in [0.3, 0.4) is 0 Å². The highest BCUT2D eigenvalue weighted by Gasteiger charge is 2.19. The first-order valence-electron chi connectivity index (χ1n) is 7.46. The first kappa shape index (κ1) is 17.0. The zero-order valence-corrected chi connectivity index (χ0v) is 14.5. The van der Waals surface area contributed by atoms with Crippen molar-refractivity contribution in [2.24, 2.45) is 0 Å². The van der Waals surface area contributed by atoms with E-state index in [0.29, 0.717) is 17.5 Å². The van der Waals surface area contributed by atoms with Gasteiger partial charge < -0.3 is 14.2 Å². The van der Waals surface area contributed by atoms with Crippen molar-refractivity contribution in [3.8, 4) is 23.5 Å². The van der Waals surface area contributed by atoms with Crippen LogP contribution in [0.1, 0.15) is 41.5 Å². The van der Waals surface area contributed by atoms with Gasteiger partial charge >= 0.3 is 6.01 Å². The zero-order chi connectivity index (χ0) is 17.1. The molecule has 23 heavy (non-hydrogen) atoms. The number of pyridine rings is 1. The molecule has 0 saturated heterocycles. The summed E-state index contributed by atoms with van der Waals surface area (Å²) in [7, 11) is 0. The van der Waals surface area contributed by atoms with Crippen LogP contribution in [0.25, 0.3) is 0 Å². The van der Waals surface area contributed by atoms with Gasteiger partial charge in [0.15, 0.2) is 0 Å². The Morgan fingerprint density at radius 3 is 1.87 bits per heavy atom. The van der Waals surface area contributed by atoms with Crippen molar-refractivity contribution in [1.29, 1.82) is 0 Å². The Morgan fingerprint density at radius 1 is 0.870 bits per heavy atom. The van der Waals surface area contributed by atoms with Crippen LogP contribution in [-0.4, -0.2) is 26.2 Å². The van der Waals surface area contributed by atoms with E-state index < -0.39 is 0 Å². The highest BCUT2D eigenvalue weighted by Crippen LogP contribution is 2.27. The standard InChI is InChI=1S/C17H23N3O3/c1-16(2,3)22-13-10-14(23-17(4,5)6)20-15(19-13)21-12-8-7-9-18-11-12/h7-11H,1-6H3. The first-order valence-corrected chi connectivity index (χ1v) is 7.46. The van der Waals surface area contributed by atoms with Crippen LogP contribution < -0.4 is 14.2 Å². The van der Waals surface area contributed by atoms with E-state index in [1.807, 2.05) is 41.5 Å². The molecule has 0 saturated carbocycles. The topological polar surface area (TPSA) is 66.4 Å². The predicted molar refractivity (Wildman–Crippen MR) is 87.1 cm³/mol. The second kappa shape index (κ2) is 6.40. The van der Waals surface area contributed by atoms with E-state index in [-0.39, 0.29) is 17.2 Å². The number of rotatable bonds is 4. The number of hydrogen-bond acceptors (Lipinski definition) is 6. The zero-order valence-electron chi connectivity index (χ0n) is 14.5. The summed E-state index contributed by atoms with van der Waals surface area (Å²) in [6, 6.07) is 5.36. The highest BCUT2D eigenvalue weighted by molar-refractivity contribution is 5.27. The summed E-state index contributed by atoms with van der Waals surface area (Å²) >= 11 is 0. The van der Waals surface area contributed by atoms with Crippen molar-refractivity contribution < 1.29 is 14.2 Å². The maximum atomic E-state index is 5.81. The molecular formula is C17H23N3O3. The number of hydrogen-bond donors (Lipinski definition) is 0. The highest BCUT2D eigenvalue weighted by atomic mass is 16.5. The van der Waals surface area contributed by atoms with Gasteiger partial charge in [-0.3, -0.25) is 4.98 Å². The molecule has 0 fully saturated rings. The quantitative estimate of drug-likeness (QED) is 0.848. The summed E-state index contributed by atoms with van der Waals surface area (Å²) in [5, 5.41) is 0. The Morgan fingerprint density at radius 2 is 1.43 bits per heavy atom. The van der Waals surface area contributed by atoms with Crippen LogP contribution in [0.2, 0.25) is 0 Å². The normalized spacial score (nSPS) is 11.9. The van der Waals surface area contributed by atoms with Crippen molar-refractivity contribution in [3.05, 3.63) is 30.6 Å². The molecule has 2 aromatic heterocycles. The maximum Gasteiger partial charge on any atom is 0.328 e. The molecule has 0 atom stereocenters. The first-order chi connectivity index (χ1) is 10.6. The molecule has 0 unspecified atom stereocenters. The third-order valence-electron chi connectivity index (χ3n) is 2.32. The number of ether oxygens (including phenoxy) is 3. The smallest absolute Gasteiger partial charge is 0.328 e. The molecule has 2 rings (SSSR count). The van der Waals surface area contributed by atoms with Gasteiger partial charge in [-0.05, 0) is 53.7 Å². The summed E-state index contributed by atoms with van der Waals surface area (Å²) in [5.74, 6) is 1.33. The minimum absolute atomic E-state index is 0.152. The van der Waals surface area contributed by atoms with Gasteiger partial charge in [-0.15, -0.1) is 0 Å². The SMILES string of the molecule is CC(C)(C)Oc1cc(OC(C)(C)C)nc(Oc2cccnc2)n1. The Bertz CT molecular complexity index is 612. The van der Waals surface area contributed by atoms with E-state index >= 15 is 0 Å². The molecule has 2 aromatic rings. The van der Waals surface area contributed by atoms with Crippen molar-refractivity contribution in [2.75, 3.05) is 0 Å². The second-order valence-electron chi connectivity index (χ2n) is 7.05. The van der Waals surface area contributed by atoms with Gasteiger partial charge in [0.2, 0.25) is 11.8 Å². The number of nitrogens with zero attached hydrogens (tertiary/aromatic N) is 3. The van der Waals surface area contributed by atoms with Crippen LogP contribution in [0.15, 0.2) is 30.6 Å². The lowest BCUT2D eigenvalue weighted by molar-refractivity contribution is 0.110. The molecule has 124 valence electrons. The van der Waals surface area contributed by atoms with Crippen LogP contribution in [0.5, 0.6) is 23.5 Å². The van der Waals surface area contributed by atoms with E-state index in [1.54, 1.807) is 30.6 Å². The molecule has 6 nitrogen and oxygen atoms in total. The maximum absolute atomic E-state index is 5.81. The number of aromatic nitrogens is 3. The van der Waals surface area contributed by atoms with E-state index in [9.17, 15) is 0 Å². The molecule has 0 amide bonds. The summed E-state index contributed by atoms with van der Waals surface area (Å²) in [4.78, 5) is 12.6. The average Bonchev–Trinajstić information content (AvgIpc) is 2.35. The van der Waals surface area contributed by atoms with Crippen LogP contribution in [0.4, 0.5) is 0 Å². The van der Waals surface area contributed by atoms with Gasteiger partial charge in [0, 0.05) is 6.20 Å². The molecule has 0 spiro atoms. The molecule has 0 aliphatic carbocycles. The molecule has 2 heterocycles. The monoisotopic (exact) mass is 317 g/mol. The van der Waals surface area contributed by atoms with Crippen LogP contribution in [0, 0.1) is 0 Å². The molecule has 0 aliphatic rings. The fourth-order valence-electron chi connectivity index (χ4n) is 1.67. The van der Waals surface area contributed by atoms with Gasteiger partial charge in [0.05, 0.1) is 12.3 Å². The van der Waals surface area contributed by atoms with Crippen LogP contribution >= 0.6 is 0 Å². The van der Waals surface area contributed by atoms with E-state index in [1.165, 1.54) is 0 Å². The van der Waals surface area contributed by atoms with Gasteiger partial charge in [-0.2, -0.15) is 9.97 Å². The molecule has 6 heteroatoms. The Kier molecular flexibility index (Phi) is 4.73. The summed E-state index contributed by atoms with van der Waals surface area (Å²) in [6.45, 7) is 11.7. The van der Waals surface area contributed by atoms with Gasteiger partial charge in [-0.1, -0.05) is 0 Å². The summed E-state index contributed by atoms with van der Waals surface area (Å²) < 4.78 is 17.3. The van der Waals surface area contributed by atoms with Crippen LogP contribution in [-0.2, 0) is 0 Å². The minimum Gasteiger partial charge on any atom is -0.472 e. The van der Waals surface area contributed by atoms with Gasteiger partial charge in [0.25, 0.3) is 0 Å². The second-order valence-corrected chi connectivity index (χ2v) is 7.05. The predicted octanol–water partition coefficient (Wildman–Crippen LogP) is 4.02. The Hall–Kier alpha value is -2.37. The average molecular weight is 317 g/mol. The molecule has 0 bridgehead atoms. The van der Waals surface area contributed by atoms with E-state index in [4.69, 9.17) is 14.2 Å². The fraction of sp³-hybridized carbons (Fsp3) is 0.471. The van der Waals surface area contributed by atoms with Crippen molar-refractivity contribution in [2.45, 2.75) is 52.7 Å². The lowest BCUT2D eigenvalue weighted by Crippen LogP contribution is -2.25. The molecule has 0 aliphatic heterocycles. The van der Waals surface area contributed by atoms with Crippen molar-refractivity contribution in [1.82, 2.24) is 15.0 Å². The third-order valence-corrected chi connectivity index (χ3v) is 2.32. The lowest BCUT2D eigenvalue weighted by Gasteiger charge is -2.23. The van der Waals surface area contributed by atoms with E-state index in [2.05, 4.69) is 15.0 Å². The molecular weight excluding hydrogens is 294 g/mol. The molecule has 0 N–H and O–H groups in total. The minimum atomic E-state index is -0.390. The fourth-order valence-corrected chi connectivity index (χ4v) is 1.67. The summed E-state index contributed by atoms with van der Waals surface area (Å²) in [6.07, 6.45) is 3.26. The van der Waals surface area contributed by atoms with Gasteiger partial charge in [0.1, 0.15) is 17.0 Å². The van der Waals surface area contributed by atoms with E-state index in [0.717, 1.165) is 0 Å². The Labute approximate surface area is 136 Å². The van der Waals surface area contributed by atoms with Crippen molar-refractivity contribution in [3.63, 3.8) is 0 Å². The molecule has 0 aromatic carbocycles.